The smallest absolute Gasteiger partial charge is 0.339 e. The highest BCUT2D eigenvalue weighted by Gasteiger charge is 2.93. The number of allylic oxidation sites excluding steroid dienone is 1. The van der Waals surface area contributed by atoms with Crippen LogP contribution in [0, 0.1) is 63.6 Å². The first-order valence-electron chi connectivity index (χ1n) is 24.7. The summed E-state index contributed by atoms with van der Waals surface area (Å²) in [7, 11) is 0. The molecule has 2 spiro atoms. The largest absolute Gasteiger partial charge is 0.469 e. The van der Waals surface area contributed by atoms with Gasteiger partial charge in [-0.05, 0) is 118 Å². The number of epoxide rings is 1. The zero-order valence-corrected chi connectivity index (χ0v) is 37.7. The van der Waals surface area contributed by atoms with Gasteiger partial charge >= 0.3 is 11.9 Å². The van der Waals surface area contributed by atoms with Gasteiger partial charge in [-0.3, -0.25) is 14.9 Å². The highest BCUT2D eigenvalue weighted by atomic mass is 16.7. The van der Waals surface area contributed by atoms with Crippen molar-refractivity contribution < 1.29 is 53.1 Å². The molecule has 0 bridgehead atoms. The third-order valence-corrected chi connectivity index (χ3v) is 19.7. The van der Waals surface area contributed by atoms with Gasteiger partial charge in [0.2, 0.25) is 0 Å². The summed E-state index contributed by atoms with van der Waals surface area (Å²) in [6.07, 6.45) is 11.9. The first-order chi connectivity index (χ1) is 30.2. The lowest BCUT2D eigenvalue weighted by atomic mass is 9.33. The summed E-state index contributed by atoms with van der Waals surface area (Å²) in [5.41, 5.74) is -4.41. The van der Waals surface area contributed by atoms with Crippen LogP contribution in [0.25, 0.3) is 0 Å². The Hall–Kier alpha value is -2.81. The molecule has 0 radical (unpaired) electrons. The van der Waals surface area contributed by atoms with Crippen molar-refractivity contribution in [2.24, 2.45) is 63.6 Å². The molecule has 1 aromatic heterocycles. The average molecular weight is 875 g/mol. The van der Waals surface area contributed by atoms with Gasteiger partial charge in [-0.2, -0.15) is 0 Å². The van der Waals surface area contributed by atoms with E-state index in [2.05, 4.69) is 43.3 Å². The van der Waals surface area contributed by atoms with E-state index in [0.29, 0.717) is 60.8 Å². The van der Waals surface area contributed by atoms with Crippen molar-refractivity contribution in [3.05, 3.63) is 35.9 Å². The number of Topliss-reactive ketones (excluding diaryl/α,β-unsaturated/α-hetero) is 1. The predicted octanol–water partition coefficient (Wildman–Crippen LogP) is 5.39. The number of rotatable bonds is 10. The minimum Gasteiger partial charge on any atom is -0.469 e. The molecule has 63 heavy (non-hydrogen) atoms. The van der Waals surface area contributed by atoms with E-state index < -0.39 is 69.9 Å². The van der Waals surface area contributed by atoms with E-state index in [-0.39, 0.29) is 55.1 Å². The van der Waals surface area contributed by atoms with E-state index >= 15 is 4.79 Å². The third-order valence-electron chi connectivity index (χ3n) is 19.7. The van der Waals surface area contributed by atoms with Crippen LogP contribution in [0.3, 0.4) is 0 Å². The molecule has 4 aliphatic carbocycles. The van der Waals surface area contributed by atoms with Crippen molar-refractivity contribution in [3.63, 3.8) is 0 Å². The van der Waals surface area contributed by atoms with E-state index in [1.807, 2.05) is 13.0 Å². The number of ketones is 1. The Morgan fingerprint density at radius 3 is 2.60 bits per heavy atom. The maximum atomic E-state index is 15.7. The molecule has 4 saturated carbocycles. The minimum atomic E-state index is -1.43. The summed E-state index contributed by atoms with van der Waals surface area (Å²) in [6, 6.07) is 2.36. The van der Waals surface area contributed by atoms with Gasteiger partial charge in [0.1, 0.15) is 30.2 Å². The van der Waals surface area contributed by atoms with Crippen molar-refractivity contribution in [1.29, 1.82) is 0 Å². The number of nitrogens with zero attached hydrogens (tertiary/aromatic N) is 1. The Labute approximate surface area is 371 Å². The summed E-state index contributed by atoms with van der Waals surface area (Å²) in [5.74, 6) is -0.506. The molecule has 4 N–H and O–H groups in total. The van der Waals surface area contributed by atoms with Crippen molar-refractivity contribution in [3.8, 4) is 0 Å². The van der Waals surface area contributed by atoms with Gasteiger partial charge in [0.15, 0.2) is 11.9 Å². The number of ether oxygens (including phenoxy) is 4. The Morgan fingerprint density at radius 1 is 1.02 bits per heavy atom. The number of fused-ring (bicyclic) bond motifs is 4. The lowest BCUT2D eigenvalue weighted by Gasteiger charge is -2.70. The molecule has 9 fully saturated rings. The van der Waals surface area contributed by atoms with Gasteiger partial charge in [-0.15, -0.1) is 0 Å². The van der Waals surface area contributed by atoms with Gasteiger partial charge in [0.05, 0.1) is 49.7 Å². The zero-order valence-electron chi connectivity index (χ0n) is 37.7. The Kier molecular flexibility index (Phi) is 10.3. The summed E-state index contributed by atoms with van der Waals surface area (Å²) in [4.78, 5) is 45.9. The normalized spacial score (nSPS) is 47.3. The topological polar surface area (TPSA) is 181 Å². The van der Waals surface area contributed by atoms with Crippen LogP contribution in [0.1, 0.15) is 129 Å². The number of cyclic esters (lactones) is 2. The van der Waals surface area contributed by atoms with Crippen LogP contribution in [0.2, 0.25) is 0 Å². The van der Waals surface area contributed by atoms with E-state index in [9.17, 15) is 24.9 Å². The third kappa shape index (κ3) is 5.77. The van der Waals surface area contributed by atoms with Crippen LogP contribution in [0.15, 0.2) is 29.0 Å². The van der Waals surface area contributed by atoms with Crippen LogP contribution in [0.4, 0.5) is 0 Å². The second kappa shape index (κ2) is 15.1. The van der Waals surface area contributed by atoms with Crippen LogP contribution in [-0.2, 0) is 39.8 Å². The van der Waals surface area contributed by atoms with Crippen LogP contribution in [-0.4, -0.2) is 106 Å². The summed E-state index contributed by atoms with van der Waals surface area (Å²) in [5, 5.41) is 38.9. The molecule has 346 valence electrons. The molecular weight excluding hydrogens is 805 g/mol. The molecule has 11 rings (SSSR count). The van der Waals surface area contributed by atoms with Gasteiger partial charge in [-0.1, -0.05) is 46.1 Å². The molecule has 13 nitrogen and oxygen atoms in total. The fourth-order valence-electron chi connectivity index (χ4n) is 17.1. The Bertz CT molecular complexity index is 2010. The molecule has 17 atom stereocenters. The molecular formula is C50H70N2O11. The first-order valence-corrected chi connectivity index (χ1v) is 24.7. The number of carbonyl (C=O) groups is 3. The van der Waals surface area contributed by atoms with Crippen molar-refractivity contribution in [2.75, 3.05) is 26.4 Å². The van der Waals surface area contributed by atoms with Crippen LogP contribution in [0.5, 0.6) is 0 Å². The molecule has 17 unspecified atom stereocenters. The van der Waals surface area contributed by atoms with E-state index in [1.165, 1.54) is 0 Å². The fourth-order valence-corrected chi connectivity index (χ4v) is 17.1. The number of aliphatic hydroxyl groups excluding tert-OH is 3. The first kappa shape index (κ1) is 42.8. The lowest BCUT2D eigenvalue weighted by Crippen LogP contribution is -2.79. The Morgan fingerprint density at radius 2 is 1.83 bits per heavy atom. The molecule has 13 heteroatoms. The van der Waals surface area contributed by atoms with Crippen molar-refractivity contribution in [2.45, 2.75) is 165 Å². The highest BCUT2D eigenvalue weighted by molar-refractivity contribution is 5.92. The number of aliphatic hydroxyl groups is 3. The SMILES string of the molecule is CC(C)CCC1(C)OC2CC(=O)OCC23C1C(=O)C(O)C1(C2CCCCC2)C3CCC2(C)C(c3ccoc3CC(C(O)CO)C3CCC4C(C=CN5CNCC45)C3)OC(=O)C3OC321. The van der Waals surface area contributed by atoms with E-state index in [0.717, 1.165) is 71.0 Å². The van der Waals surface area contributed by atoms with Crippen LogP contribution < -0.4 is 5.32 Å². The van der Waals surface area contributed by atoms with Gasteiger partial charge in [0.25, 0.3) is 0 Å². The number of nitrogens with one attached hydrogen (secondary N) is 1. The quantitative estimate of drug-likeness (QED) is 0.174. The molecule has 5 saturated heterocycles. The zero-order chi connectivity index (χ0) is 43.8. The summed E-state index contributed by atoms with van der Waals surface area (Å²) >= 11 is 0. The maximum absolute atomic E-state index is 15.7. The van der Waals surface area contributed by atoms with Crippen molar-refractivity contribution in [1.82, 2.24) is 10.2 Å². The number of hydrogen-bond acceptors (Lipinski definition) is 13. The van der Waals surface area contributed by atoms with E-state index in [1.54, 1.807) is 6.26 Å². The molecule has 1 aromatic rings. The van der Waals surface area contributed by atoms with Gasteiger partial charge in [0, 0.05) is 40.8 Å². The second-order valence-electron chi connectivity index (χ2n) is 22.7. The number of esters is 2. The van der Waals surface area contributed by atoms with Gasteiger partial charge in [-0.25, -0.2) is 4.79 Å². The van der Waals surface area contributed by atoms with Crippen molar-refractivity contribution >= 4 is 17.7 Å². The maximum Gasteiger partial charge on any atom is 0.339 e. The lowest BCUT2D eigenvalue weighted by molar-refractivity contribution is -0.275. The molecule has 10 aliphatic rings. The van der Waals surface area contributed by atoms with E-state index in [4.69, 9.17) is 23.4 Å². The number of hydrogen-bond donors (Lipinski definition) is 4. The summed E-state index contributed by atoms with van der Waals surface area (Å²) in [6.45, 7) is 9.99. The average Bonchev–Trinajstić information content (AvgIpc) is 3.51. The number of furan rings is 1. The number of carbonyl (C=O) groups excluding carboxylic acids is 3. The minimum absolute atomic E-state index is 0.0379. The molecule has 6 aliphatic heterocycles. The van der Waals surface area contributed by atoms with Crippen LogP contribution >= 0.6 is 0 Å². The highest BCUT2D eigenvalue weighted by Crippen LogP contribution is 2.82. The predicted molar refractivity (Wildman–Crippen MR) is 227 cm³/mol. The second-order valence-corrected chi connectivity index (χ2v) is 22.7. The molecule has 0 aromatic carbocycles. The standard InChI is InChI=1S/C50H70N2O11/c1-27(2)12-17-47(4)41-40(56)42(57)49(30-8-6-5-7-9-30)37(48(41)25-60-39(55)22-38(48)62-47)13-16-46(3)43(61-45(58)44-50(46,49)63-44)32-15-19-59-36(32)21-33(35(54)24-53)28-10-11-31-29(20-28)14-18-52-26-51-23-34(31)52/h14-15,18-19,27-31,33-35,37-38,41-44,51,53-54,57H,5-13,16-17,20-26H2,1-4H3. The Balaban J connectivity index is 0.984. The molecule has 7 heterocycles. The summed E-state index contributed by atoms with van der Waals surface area (Å²) < 4.78 is 33.1. The molecule has 0 amide bonds. The monoisotopic (exact) mass is 874 g/mol. The fraction of sp³-hybridized carbons (Fsp3) is 0.820. The van der Waals surface area contributed by atoms with Gasteiger partial charge < -0.3 is 43.6 Å².